The molecule has 0 aliphatic carbocycles. The largest absolute Gasteiger partial charge is 0.353 e. The van der Waals surface area contributed by atoms with Gasteiger partial charge in [-0.3, -0.25) is 10.1 Å². The Kier molecular flexibility index (Phi) is 5.19. The molecule has 0 unspecified atom stereocenters. The number of pyridine rings is 2. The molecule has 6 nitrogen and oxygen atoms in total. The third kappa shape index (κ3) is 4.46. The lowest BCUT2D eigenvalue weighted by molar-refractivity contribution is 0.0256. The van der Waals surface area contributed by atoms with E-state index < -0.39 is 5.92 Å². The molecule has 4 heterocycles. The predicted molar refractivity (Wildman–Crippen MR) is 112 cm³/mol. The van der Waals surface area contributed by atoms with E-state index in [1.54, 1.807) is 41.8 Å². The molecule has 0 radical (unpaired) electrons. The van der Waals surface area contributed by atoms with E-state index in [-0.39, 0.29) is 13.0 Å². The monoisotopic (exact) mass is 406 g/mol. The molecule has 0 aromatic carbocycles. The van der Waals surface area contributed by atoms with E-state index in [0.29, 0.717) is 35.0 Å². The molecule has 0 atom stereocenters. The first-order valence-electron chi connectivity index (χ1n) is 9.42. The van der Waals surface area contributed by atoms with Gasteiger partial charge < -0.3 is 10.2 Å². The van der Waals surface area contributed by atoms with Gasteiger partial charge in [0.15, 0.2) is 0 Å². The fraction of sp³-hybridized carbons (Fsp3) is 0.227. The summed E-state index contributed by atoms with van der Waals surface area (Å²) in [5.41, 5.74) is 4.36. The number of rotatable bonds is 4. The lowest BCUT2D eigenvalue weighted by Gasteiger charge is -2.17. The van der Waals surface area contributed by atoms with Crippen molar-refractivity contribution in [1.82, 2.24) is 20.2 Å². The number of nitrogens with zero attached hydrogens (tertiary/aromatic N) is 4. The van der Waals surface area contributed by atoms with Crippen molar-refractivity contribution in [3.05, 3.63) is 71.9 Å². The number of halogens is 2. The van der Waals surface area contributed by atoms with Crippen molar-refractivity contribution in [3.63, 3.8) is 0 Å². The Labute approximate surface area is 173 Å². The van der Waals surface area contributed by atoms with Crippen LogP contribution in [0, 0.1) is 18.8 Å². The van der Waals surface area contributed by atoms with Crippen LogP contribution in [0.4, 0.5) is 20.3 Å². The van der Waals surface area contributed by atoms with E-state index in [4.69, 9.17) is 0 Å². The molecule has 1 aliphatic heterocycles. The van der Waals surface area contributed by atoms with Gasteiger partial charge in [-0.15, -0.1) is 0 Å². The Morgan fingerprint density at radius 3 is 2.83 bits per heavy atom. The molecule has 1 saturated heterocycles. The molecule has 2 N–H and O–H groups in total. The normalized spacial score (nSPS) is 14.8. The Morgan fingerprint density at radius 1 is 1.27 bits per heavy atom. The first-order valence-corrected chi connectivity index (χ1v) is 9.42. The summed E-state index contributed by atoms with van der Waals surface area (Å²) in [4.78, 5) is 10.0. The van der Waals surface area contributed by atoms with Crippen LogP contribution >= 0.6 is 0 Å². The predicted octanol–water partition coefficient (Wildman–Crippen LogP) is 3.84. The number of hydrogen-bond acceptors (Lipinski definition) is 5. The zero-order valence-corrected chi connectivity index (χ0v) is 16.4. The van der Waals surface area contributed by atoms with Crippen molar-refractivity contribution in [3.8, 4) is 11.8 Å². The highest BCUT2D eigenvalue weighted by molar-refractivity contribution is 5.76. The topological polar surface area (TPSA) is 69.7 Å². The summed E-state index contributed by atoms with van der Waals surface area (Å²) in [5, 5.41) is 10.2. The molecule has 3 aromatic rings. The summed E-state index contributed by atoms with van der Waals surface area (Å²) in [6.45, 7) is 5.99. The van der Waals surface area contributed by atoms with E-state index in [0.717, 1.165) is 11.1 Å². The van der Waals surface area contributed by atoms with Crippen molar-refractivity contribution in [1.29, 1.82) is 0 Å². The Balaban J connectivity index is 1.45. The van der Waals surface area contributed by atoms with Crippen LogP contribution < -0.4 is 10.2 Å². The second kappa shape index (κ2) is 7.95. The van der Waals surface area contributed by atoms with Crippen molar-refractivity contribution in [2.24, 2.45) is 0 Å². The summed E-state index contributed by atoms with van der Waals surface area (Å²) in [6.07, 6.45) is 6.62. The van der Waals surface area contributed by atoms with Gasteiger partial charge in [0.2, 0.25) is 0 Å². The first-order chi connectivity index (χ1) is 14.4. The molecule has 1 fully saturated rings. The van der Waals surface area contributed by atoms with E-state index in [1.165, 1.54) is 0 Å². The van der Waals surface area contributed by atoms with Gasteiger partial charge in [-0.25, -0.2) is 13.8 Å². The van der Waals surface area contributed by atoms with Gasteiger partial charge in [0.05, 0.1) is 29.7 Å². The van der Waals surface area contributed by atoms with E-state index in [2.05, 4.69) is 43.9 Å². The van der Waals surface area contributed by atoms with Crippen LogP contribution in [0.3, 0.4) is 0 Å². The maximum atomic E-state index is 13.4. The summed E-state index contributed by atoms with van der Waals surface area (Å²) < 4.78 is 26.8. The van der Waals surface area contributed by atoms with Crippen molar-refractivity contribution in [2.75, 3.05) is 23.3 Å². The number of anilines is 2. The minimum absolute atomic E-state index is 0.146. The van der Waals surface area contributed by atoms with Gasteiger partial charge >= 0.3 is 0 Å². The second-order valence-electron chi connectivity index (χ2n) is 7.18. The summed E-state index contributed by atoms with van der Waals surface area (Å²) >= 11 is 0. The third-order valence-corrected chi connectivity index (χ3v) is 4.68. The smallest absolute Gasteiger partial charge is 0.266 e. The minimum atomic E-state index is -2.65. The highest BCUT2D eigenvalue weighted by Crippen LogP contribution is 2.30. The van der Waals surface area contributed by atoms with Crippen LogP contribution in [0.25, 0.3) is 5.70 Å². The minimum Gasteiger partial charge on any atom is -0.353 e. The highest BCUT2D eigenvalue weighted by atomic mass is 19.3. The van der Waals surface area contributed by atoms with E-state index in [1.807, 2.05) is 13.0 Å². The fourth-order valence-electron chi connectivity index (χ4n) is 3.19. The Hall–Kier alpha value is -3.73. The maximum Gasteiger partial charge on any atom is 0.266 e. The Morgan fingerprint density at radius 2 is 2.13 bits per heavy atom. The number of H-pyrrole nitrogens is 1. The van der Waals surface area contributed by atoms with Gasteiger partial charge in [0, 0.05) is 37.1 Å². The van der Waals surface area contributed by atoms with E-state index >= 15 is 0 Å². The molecule has 0 bridgehead atoms. The van der Waals surface area contributed by atoms with Crippen molar-refractivity contribution >= 4 is 17.2 Å². The highest BCUT2D eigenvalue weighted by Gasteiger charge is 2.38. The third-order valence-electron chi connectivity index (χ3n) is 4.68. The summed E-state index contributed by atoms with van der Waals surface area (Å²) in [5.74, 6) is 4.03. The van der Waals surface area contributed by atoms with Gasteiger partial charge in [-0.2, -0.15) is 5.10 Å². The van der Waals surface area contributed by atoms with Crippen LogP contribution in [-0.2, 0) is 0 Å². The van der Waals surface area contributed by atoms with Crippen molar-refractivity contribution in [2.45, 2.75) is 19.3 Å². The molecule has 3 aromatic heterocycles. The van der Waals surface area contributed by atoms with E-state index in [9.17, 15) is 8.78 Å². The molecule has 8 heteroatoms. The Bertz CT molecular complexity index is 1120. The van der Waals surface area contributed by atoms with Gasteiger partial charge in [0.1, 0.15) is 11.5 Å². The van der Waals surface area contributed by atoms with Gasteiger partial charge in [0.25, 0.3) is 5.92 Å². The summed E-state index contributed by atoms with van der Waals surface area (Å²) in [7, 11) is 0. The molecular formula is C22H20F2N6. The second-order valence-corrected chi connectivity index (χ2v) is 7.18. The summed E-state index contributed by atoms with van der Waals surface area (Å²) in [6, 6.07) is 5.45. The standard InChI is InChI=1S/C22H20F2N6/c1-15-9-17(11-25-10-15)3-4-18-12-27-29-21(18)16(2)28-19-5-6-20(26-13-19)30-8-7-22(23,24)14-30/h5-6,9-13,28H,2,7-8,14H2,1H3,(H,27,29). The molecule has 0 spiro atoms. The number of aromatic nitrogens is 4. The zero-order chi connectivity index (χ0) is 21.1. The van der Waals surface area contributed by atoms with Gasteiger partial charge in [-0.1, -0.05) is 18.4 Å². The molecule has 152 valence electrons. The van der Waals surface area contributed by atoms with Crippen LogP contribution in [-0.4, -0.2) is 39.2 Å². The zero-order valence-electron chi connectivity index (χ0n) is 16.4. The van der Waals surface area contributed by atoms with Crippen LogP contribution in [0.2, 0.25) is 0 Å². The number of aromatic amines is 1. The molecular weight excluding hydrogens is 386 g/mol. The SMILES string of the molecule is C=C(Nc1ccc(N2CCC(F)(F)C2)nc1)c1n[nH]cc1C#Cc1cncc(C)c1. The molecule has 0 amide bonds. The number of nitrogens with one attached hydrogen (secondary N) is 2. The average molecular weight is 406 g/mol. The molecule has 30 heavy (non-hydrogen) atoms. The molecule has 1 aliphatic rings. The number of alkyl halides is 2. The number of aryl methyl sites for hydroxylation is 1. The first kappa shape index (κ1) is 19.6. The van der Waals surface area contributed by atoms with Crippen molar-refractivity contribution < 1.29 is 8.78 Å². The molecule has 4 rings (SSSR count). The van der Waals surface area contributed by atoms with Gasteiger partial charge in [-0.05, 0) is 30.7 Å². The fourth-order valence-corrected chi connectivity index (χ4v) is 3.19. The van der Waals surface area contributed by atoms with Crippen LogP contribution in [0.5, 0.6) is 0 Å². The maximum absolute atomic E-state index is 13.4. The molecule has 0 saturated carbocycles. The number of hydrogen-bond donors (Lipinski definition) is 2. The lowest BCUT2D eigenvalue weighted by Crippen LogP contribution is -2.25. The quantitative estimate of drug-likeness (QED) is 0.645. The van der Waals surface area contributed by atoms with Crippen LogP contribution in [0.1, 0.15) is 28.8 Å². The lowest BCUT2D eigenvalue weighted by atomic mass is 10.1. The van der Waals surface area contributed by atoms with Crippen LogP contribution in [0.15, 0.2) is 49.6 Å². The average Bonchev–Trinajstić information content (AvgIpc) is 3.33.